The first kappa shape index (κ1) is 31.4. The minimum Gasteiger partial charge on any atom is -0.489 e. The fourth-order valence-corrected chi connectivity index (χ4v) is 5.20. The van der Waals surface area contributed by atoms with Crippen LogP contribution in [0, 0.1) is 10.1 Å². The first-order valence-corrected chi connectivity index (χ1v) is 15.1. The van der Waals surface area contributed by atoms with E-state index in [4.69, 9.17) is 9.47 Å². The Morgan fingerprint density at radius 3 is 1.67 bits per heavy atom. The van der Waals surface area contributed by atoms with Crippen molar-refractivity contribution in [3.63, 3.8) is 0 Å². The summed E-state index contributed by atoms with van der Waals surface area (Å²) in [6.07, 6.45) is -0.157. The zero-order valence-corrected chi connectivity index (χ0v) is 25.4. The predicted molar refractivity (Wildman–Crippen MR) is 176 cm³/mol. The lowest BCUT2D eigenvalue weighted by atomic mass is 10.0. The molecule has 0 heterocycles. The molecule has 45 heavy (non-hydrogen) atoms. The number of hydrogen-bond donors (Lipinski definition) is 1. The van der Waals surface area contributed by atoms with Gasteiger partial charge in [-0.05, 0) is 53.3 Å². The van der Waals surface area contributed by atoms with Gasteiger partial charge >= 0.3 is 0 Å². The van der Waals surface area contributed by atoms with Crippen molar-refractivity contribution in [2.75, 3.05) is 6.54 Å². The smallest absolute Gasteiger partial charge is 0.269 e. The molecule has 7 heteroatoms. The maximum absolute atomic E-state index is 11.7. The first-order valence-electron chi connectivity index (χ1n) is 15.1. The van der Waals surface area contributed by atoms with Gasteiger partial charge in [0.25, 0.3) is 5.69 Å². The summed E-state index contributed by atoms with van der Waals surface area (Å²) in [6, 6.07) is 42.4. The zero-order chi connectivity index (χ0) is 31.4. The molecule has 2 atom stereocenters. The average molecular weight is 603 g/mol. The molecule has 230 valence electrons. The molecule has 5 aromatic rings. The predicted octanol–water partition coefficient (Wildman–Crippen LogP) is 7.92. The van der Waals surface area contributed by atoms with Crippen LogP contribution in [0.5, 0.6) is 11.5 Å². The van der Waals surface area contributed by atoms with Crippen molar-refractivity contribution in [2.45, 2.75) is 45.2 Å². The van der Waals surface area contributed by atoms with E-state index in [1.54, 1.807) is 12.1 Å². The number of hydrogen-bond acceptors (Lipinski definition) is 6. The maximum Gasteiger partial charge on any atom is 0.269 e. The fourth-order valence-electron chi connectivity index (χ4n) is 5.20. The quantitative estimate of drug-likeness (QED) is 0.0968. The summed E-state index contributed by atoms with van der Waals surface area (Å²) in [5.41, 5.74) is 4.99. The van der Waals surface area contributed by atoms with Crippen LogP contribution in [-0.4, -0.2) is 27.5 Å². The third kappa shape index (κ3) is 9.50. The minimum absolute atomic E-state index is 0.0348. The Morgan fingerprint density at radius 1 is 0.689 bits per heavy atom. The number of rotatable bonds is 15. The minimum atomic E-state index is -0.827. The van der Waals surface area contributed by atoms with Gasteiger partial charge in [-0.15, -0.1) is 0 Å². The zero-order valence-electron chi connectivity index (χ0n) is 25.4. The summed E-state index contributed by atoms with van der Waals surface area (Å²) >= 11 is 0. The lowest BCUT2D eigenvalue weighted by Crippen LogP contribution is -2.37. The van der Waals surface area contributed by atoms with Crippen LogP contribution in [-0.2, 0) is 26.2 Å². The Hall–Kier alpha value is -4.98. The molecule has 0 aliphatic heterocycles. The molecule has 7 nitrogen and oxygen atoms in total. The molecule has 0 aliphatic rings. The van der Waals surface area contributed by atoms with Crippen LogP contribution in [0.1, 0.15) is 40.8 Å². The number of nitro benzene ring substituents is 1. The molecule has 1 N–H and O–H groups in total. The first-order chi connectivity index (χ1) is 21.9. The highest BCUT2D eigenvalue weighted by molar-refractivity contribution is 5.40. The SMILES string of the molecule is C[C@H](Cc1ccc([N+](=O)[O-])cc1)N(Cc1ccccc1)C[C@@H](O)c1cc(OCc2ccccc2)cc(OCc2ccccc2)c1. The highest BCUT2D eigenvalue weighted by atomic mass is 16.6. The van der Waals surface area contributed by atoms with Crippen molar-refractivity contribution in [1.29, 1.82) is 0 Å². The van der Waals surface area contributed by atoms with E-state index in [1.165, 1.54) is 12.1 Å². The number of benzene rings is 5. The molecular formula is C38H38N2O5. The summed E-state index contributed by atoms with van der Waals surface area (Å²) < 4.78 is 12.4. The van der Waals surface area contributed by atoms with Crippen molar-refractivity contribution in [3.8, 4) is 11.5 Å². The highest BCUT2D eigenvalue weighted by Gasteiger charge is 2.21. The summed E-state index contributed by atoms with van der Waals surface area (Å²) in [5.74, 6) is 1.24. The van der Waals surface area contributed by atoms with Gasteiger partial charge in [0.2, 0.25) is 0 Å². The Balaban J connectivity index is 1.36. The Labute approximate surface area is 264 Å². The molecule has 0 aliphatic carbocycles. The van der Waals surface area contributed by atoms with E-state index >= 15 is 0 Å². The van der Waals surface area contributed by atoms with Crippen molar-refractivity contribution in [2.24, 2.45) is 0 Å². The number of ether oxygens (including phenoxy) is 2. The molecule has 0 saturated carbocycles. The number of aliphatic hydroxyl groups is 1. The number of nitrogens with zero attached hydrogens (tertiary/aromatic N) is 2. The summed E-state index contributed by atoms with van der Waals surface area (Å²) in [7, 11) is 0. The lowest BCUT2D eigenvalue weighted by molar-refractivity contribution is -0.384. The molecule has 5 rings (SSSR count). The highest BCUT2D eigenvalue weighted by Crippen LogP contribution is 2.30. The van der Waals surface area contributed by atoms with Crippen LogP contribution in [0.4, 0.5) is 5.69 Å². The molecule has 0 bridgehead atoms. The van der Waals surface area contributed by atoms with E-state index in [2.05, 4.69) is 24.0 Å². The molecule has 0 unspecified atom stereocenters. The van der Waals surface area contributed by atoms with Crippen molar-refractivity contribution in [1.82, 2.24) is 4.90 Å². The van der Waals surface area contributed by atoms with Crippen LogP contribution in [0.3, 0.4) is 0 Å². The van der Waals surface area contributed by atoms with Crippen LogP contribution in [0.15, 0.2) is 133 Å². The Kier molecular flexibility index (Phi) is 10.9. The molecule has 0 saturated heterocycles. The lowest BCUT2D eigenvalue weighted by Gasteiger charge is -2.31. The van der Waals surface area contributed by atoms with Gasteiger partial charge in [0.05, 0.1) is 11.0 Å². The fraction of sp³-hybridized carbons (Fsp3) is 0.211. The Bertz CT molecular complexity index is 1570. The van der Waals surface area contributed by atoms with Crippen LogP contribution in [0.25, 0.3) is 0 Å². The second-order valence-corrected chi connectivity index (χ2v) is 11.2. The van der Waals surface area contributed by atoms with E-state index in [0.29, 0.717) is 49.8 Å². The topological polar surface area (TPSA) is 85.1 Å². The van der Waals surface area contributed by atoms with E-state index in [1.807, 2.05) is 97.1 Å². The summed E-state index contributed by atoms with van der Waals surface area (Å²) in [4.78, 5) is 13.0. The van der Waals surface area contributed by atoms with E-state index < -0.39 is 6.10 Å². The second-order valence-electron chi connectivity index (χ2n) is 11.2. The van der Waals surface area contributed by atoms with Gasteiger partial charge in [-0.3, -0.25) is 15.0 Å². The van der Waals surface area contributed by atoms with Crippen molar-refractivity contribution < 1.29 is 19.5 Å². The third-order valence-electron chi connectivity index (χ3n) is 7.72. The molecule has 0 amide bonds. The van der Waals surface area contributed by atoms with Crippen LogP contribution < -0.4 is 9.47 Å². The van der Waals surface area contributed by atoms with Crippen molar-refractivity contribution in [3.05, 3.63) is 171 Å². The van der Waals surface area contributed by atoms with Gasteiger partial charge in [-0.2, -0.15) is 0 Å². The average Bonchev–Trinajstić information content (AvgIpc) is 3.07. The second kappa shape index (κ2) is 15.7. The van der Waals surface area contributed by atoms with Gasteiger partial charge in [0.1, 0.15) is 24.7 Å². The van der Waals surface area contributed by atoms with Crippen LogP contribution in [0.2, 0.25) is 0 Å². The molecule has 5 aromatic carbocycles. The van der Waals surface area contributed by atoms with Gasteiger partial charge < -0.3 is 14.6 Å². The number of aliphatic hydroxyl groups excluding tert-OH is 1. The number of nitro groups is 1. The molecular weight excluding hydrogens is 564 g/mol. The van der Waals surface area contributed by atoms with Gasteiger partial charge in [0, 0.05) is 37.3 Å². The maximum atomic E-state index is 11.7. The van der Waals surface area contributed by atoms with E-state index in [-0.39, 0.29) is 16.7 Å². The molecule has 0 fully saturated rings. The normalized spacial score (nSPS) is 12.4. The van der Waals surface area contributed by atoms with E-state index in [0.717, 1.165) is 22.3 Å². The molecule has 0 spiro atoms. The van der Waals surface area contributed by atoms with Gasteiger partial charge in [0.15, 0.2) is 0 Å². The largest absolute Gasteiger partial charge is 0.489 e. The molecule has 0 aromatic heterocycles. The van der Waals surface area contributed by atoms with Gasteiger partial charge in [-0.1, -0.05) is 103 Å². The Morgan fingerprint density at radius 2 is 1.18 bits per heavy atom. The van der Waals surface area contributed by atoms with Gasteiger partial charge in [-0.25, -0.2) is 0 Å². The number of non-ortho nitro benzene ring substituents is 1. The van der Waals surface area contributed by atoms with Crippen molar-refractivity contribution >= 4 is 5.69 Å². The van der Waals surface area contributed by atoms with Crippen LogP contribution >= 0.6 is 0 Å². The standard InChI is InChI=1S/C38H38N2O5/c1-29(21-30-17-19-35(20-18-30)40(42)43)39(25-31-11-5-2-6-12-31)26-38(41)34-22-36(44-27-32-13-7-3-8-14-32)24-37(23-34)45-28-33-15-9-4-10-16-33/h2-20,22-24,29,38,41H,21,25-28H2,1H3/t29-,38-/m1/s1. The monoisotopic (exact) mass is 602 g/mol. The summed E-state index contributed by atoms with van der Waals surface area (Å²) in [5, 5.41) is 22.8. The third-order valence-corrected chi connectivity index (χ3v) is 7.72. The molecule has 0 radical (unpaired) electrons. The van der Waals surface area contributed by atoms with E-state index in [9.17, 15) is 15.2 Å². The summed E-state index contributed by atoms with van der Waals surface area (Å²) in [6.45, 7) is 3.90.